The summed E-state index contributed by atoms with van der Waals surface area (Å²) in [6, 6.07) is 6.14. The minimum atomic E-state index is -0.291. The molecule has 3 aromatic rings. The number of rotatable bonds is 4. The number of amidine groups is 1. The van der Waals surface area contributed by atoms with Crippen LogP contribution in [0.25, 0.3) is 20.2 Å². The van der Waals surface area contributed by atoms with E-state index in [0.29, 0.717) is 18.0 Å². The molecule has 23 heavy (non-hydrogen) atoms. The number of esters is 1. The largest absolute Gasteiger partial charge is 0.462 e. The Kier molecular flexibility index (Phi) is 4.37. The summed E-state index contributed by atoms with van der Waals surface area (Å²) in [7, 11) is 0. The Labute approximate surface area is 142 Å². The average Bonchev–Trinajstić information content (AvgIpc) is 3.11. The summed E-state index contributed by atoms with van der Waals surface area (Å²) < 4.78 is 7.19. The van der Waals surface area contributed by atoms with Gasteiger partial charge in [-0.05, 0) is 44.4 Å². The van der Waals surface area contributed by atoms with Crippen LogP contribution in [0.1, 0.15) is 36.0 Å². The first-order chi connectivity index (χ1) is 11.0. The van der Waals surface area contributed by atoms with Gasteiger partial charge < -0.3 is 10.5 Å². The number of carbonyl (C=O) groups is 1. The molecule has 0 fully saturated rings. The molecule has 4 nitrogen and oxygen atoms in total. The first-order valence-corrected chi connectivity index (χ1v) is 9.15. The Bertz CT molecular complexity index is 906. The van der Waals surface area contributed by atoms with Crippen LogP contribution >= 0.6 is 22.7 Å². The minimum absolute atomic E-state index is 0.130. The lowest BCUT2D eigenvalue weighted by molar-refractivity contribution is 0.0529. The smallest absolute Gasteiger partial charge is 0.339 e. The monoisotopic (exact) mass is 346 g/mol. The van der Waals surface area contributed by atoms with Crippen LogP contribution in [-0.2, 0) is 4.74 Å². The van der Waals surface area contributed by atoms with E-state index in [1.165, 1.54) is 11.3 Å². The standard InChI is InChI=1S/C17H18N2O2S2/c1-4-21-17(20)12-8-13-10(5-6-22-13)11-7-14(23-15(11)12)16(18)19-9(2)3/h5-9H,4H2,1-3H3,(H2,18,19). The lowest BCUT2D eigenvalue weighted by Crippen LogP contribution is -2.13. The van der Waals surface area contributed by atoms with Crippen LogP contribution in [0.2, 0.25) is 0 Å². The van der Waals surface area contributed by atoms with Crippen molar-refractivity contribution in [3.63, 3.8) is 0 Å². The fourth-order valence-corrected chi connectivity index (χ4v) is 4.40. The maximum absolute atomic E-state index is 12.3. The Morgan fingerprint density at radius 2 is 2.13 bits per heavy atom. The molecule has 3 rings (SSSR count). The van der Waals surface area contributed by atoms with Gasteiger partial charge in [0.25, 0.3) is 0 Å². The van der Waals surface area contributed by atoms with Crippen LogP contribution in [0.5, 0.6) is 0 Å². The van der Waals surface area contributed by atoms with Gasteiger partial charge >= 0.3 is 5.97 Å². The molecule has 0 bridgehead atoms. The van der Waals surface area contributed by atoms with Crippen LogP contribution in [0.15, 0.2) is 28.6 Å². The van der Waals surface area contributed by atoms with E-state index < -0.39 is 0 Å². The molecule has 2 heterocycles. The number of aliphatic imine (C=N–C) groups is 1. The minimum Gasteiger partial charge on any atom is -0.462 e. The van der Waals surface area contributed by atoms with Gasteiger partial charge in [-0.1, -0.05) is 0 Å². The van der Waals surface area contributed by atoms with Crippen molar-refractivity contribution in [1.82, 2.24) is 0 Å². The number of hydrogen-bond donors (Lipinski definition) is 1. The van der Waals surface area contributed by atoms with Gasteiger partial charge in [0.1, 0.15) is 5.84 Å². The molecule has 0 aliphatic carbocycles. The molecular formula is C17H18N2O2S2. The average molecular weight is 346 g/mol. The van der Waals surface area contributed by atoms with E-state index in [0.717, 1.165) is 25.0 Å². The van der Waals surface area contributed by atoms with Crippen molar-refractivity contribution < 1.29 is 9.53 Å². The highest BCUT2D eigenvalue weighted by atomic mass is 32.1. The van der Waals surface area contributed by atoms with Crippen LogP contribution in [-0.4, -0.2) is 24.5 Å². The number of nitrogens with zero attached hydrogens (tertiary/aromatic N) is 1. The van der Waals surface area contributed by atoms with Crippen molar-refractivity contribution in [3.8, 4) is 0 Å². The van der Waals surface area contributed by atoms with Crippen LogP contribution in [0, 0.1) is 0 Å². The van der Waals surface area contributed by atoms with Crippen molar-refractivity contribution in [2.45, 2.75) is 26.8 Å². The van der Waals surface area contributed by atoms with Crippen LogP contribution < -0.4 is 5.73 Å². The molecule has 0 radical (unpaired) electrons. The molecule has 2 aromatic heterocycles. The van der Waals surface area contributed by atoms with Gasteiger partial charge in [-0.25, -0.2) is 4.79 Å². The van der Waals surface area contributed by atoms with Crippen molar-refractivity contribution in [2.75, 3.05) is 6.61 Å². The summed E-state index contributed by atoms with van der Waals surface area (Å²) in [4.78, 5) is 17.6. The third-order valence-corrected chi connectivity index (χ3v) is 5.44. The summed E-state index contributed by atoms with van der Waals surface area (Å²) >= 11 is 3.11. The second-order valence-corrected chi connectivity index (χ2v) is 7.44. The summed E-state index contributed by atoms with van der Waals surface area (Å²) in [5, 5.41) is 4.20. The van der Waals surface area contributed by atoms with E-state index in [1.54, 1.807) is 11.3 Å². The predicted molar refractivity (Wildman–Crippen MR) is 99.0 cm³/mol. The number of thiophene rings is 2. The lowest BCUT2D eigenvalue weighted by atomic mass is 10.1. The molecular weight excluding hydrogens is 328 g/mol. The first kappa shape index (κ1) is 16.0. The molecule has 2 N–H and O–H groups in total. The summed E-state index contributed by atoms with van der Waals surface area (Å²) in [5.74, 6) is 0.222. The highest BCUT2D eigenvalue weighted by molar-refractivity contribution is 7.22. The number of benzene rings is 1. The van der Waals surface area contributed by atoms with Gasteiger partial charge in [0.05, 0.1) is 21.7 Å². The second kappa shape index (κ2) is 6.29. The topological polar surface area (TPSA) is 64.7 Å². The normalized spacial score (nSPS) is 12.4. The Morgan fingerprint density at radius 3 is 2.83 bits per heavy atom. The van der Waals surface area contributed by atoms with Gasteiger partial charge in [-0.2, -0.15) is 0 Å². The number of ether oxygens (including phenoxy) is 1. The summed E-state index contributed by atoms with van der Waals surface area (Å²) in [5.41, 5.74) is 6.71. The molecule has 0 atom stereocenters. The van der Waals surface area contributed by atoms with Gasteiger partial charge in [0.2, 0.25) is 0 Å². The van der Waals surface area contributed by atoms with E-state index in [2.05, 4.69) is 11.1 Å². The van der Waals surface area contributed by atoms with Gasteiger partial charge in [0.15, 0.2) is 0 Å². The van der Waals surface area contributed by atoms with E-state index in [9.17, 15) is 4.79 Å². The molecule has 0 aliphatic rings. The Hall–Kier alpha value is -1.92. The molecule has 0 saturated heterocycles. The van der Waals surface area contributed by atoms with Gasteiger partial charge in [-0.15, -0.1) is 22.7 Å². The highest BCUT2D eigenvalue weighted by Gasteiger charge is 2.18. The summed E-state index contributed by atoms with van der Waals surface area (Å²) in [6.07, 6.45) is 0. The zero-order valence-corrected chi connectivity index (χ0v) is 14.9. The SMILES string of the molecule is CCOC(=O)c1cc2sccc2c2cc(C(N)=NC(C)C)sc12. The second-order valence-electron chi connectivity index (χ2n) is 5.44. The number of hydrogen-bond acceptors (Lipinski definition) is 5. The quantitative estimate of drug-likeness (QED) is 0.432. The highest BCUT2D eigenvalue weighted by Crippen LogP contribution is 2.37. The molecule has 0 spiro atoms. The first-order valence-electron chi connectivity index (χ1n) is 7.45. The molecule has 120 valence electrons. The third kappa shape index (κ3) is 2.96. The van der Waals surface area contributed by atoms with Crippen LogP contribution in [0.3, 0.4) is 0 Å². The number of fused-ring (bicyclic) bond motifs is 3. The maximum Gasteiger partial charge on any atom is 0.339 e. The van der Waals surface area contributed by atoms with Gasteiger partial charge in [0, 0.05) is 21.5 Å². The molecule has 0 aliphatic heterocycles. The van der Waals surface area contributed by atoms with Crippen LogP contribution in [0.4, 0.5) is 0 Å². The van der Waals surface area contributed by atoms with Gasteiger partial charge in [-0.3, -0.25) is 4.99 Å². The molecule has 0 saturated carbocycles. The number of nitrogens with two attached hydrogens (primary N) is 1. The Morgan fingerprint density at radius 1 is 1.35 bits per heavy atom. The van der Waals surface area contributed by atoms with E-state index in [4.69, 9.17) is 10.5 Å². The van der Waals surface area contributed by atoms with Crippen molar-refractivity contribution in [1.29, 1.82) is 0 Å². The lowest BCUT2D eigenvalue weighted by Gasteiger charge is -2.04. The fraction of sp³-hybridized carbons (Fsp3) is 0.294. The molecule has 6 heteroatoms. The number of carbonyl (C=O) groups excluding carboxylic acids is 1. The van der Waals surface area contributed by atoms with E-state index in [-0.39, 0.29) is 12.0 Å². The van der Waals surface area contributed by atoms with Crippen molar-refractivity contribution >= 4 is 54.7 Å². The Balaban J connectivity index is 2.26. The fourth-order valence-electron chi connectivity index (χ4n) is 2.47. The summed E-state index contributed by atoms with van der Waals surface area (Å²) in [6.45, 7) is 6.15. The molecule has 0 unspecified atom stereocenters. The predicted octanol–water partition coefficient (Wildman–Crippen LogP) is 4.41. The van der Waals surface area contributed by atoms with Crippen molar-refractivity contribution in [3.05, 3.63) is 34.0 Å². The maximum atomic E-state index is 12.3. The van der Waals surface area contributed by atoms with E-state index >= 15 is 0 Å². The molecule has 0 amide bonds. The zero-order valence-electron chi connectivity index (χ0n) is 13.3. The van der Waals surface area contributed by atoms with E-state index in [1.807, 2.05) is 38.3 Å². The van der Waals surface area contributed by atoms with Crippen molar-refractivity contribution in [2.24, 2.45) is 10.7 Å². The third-order valence-electron chi connectivity index (χ3n) is 3.38. The zero-order chi connectivity index (χ0) is 16.6. The molecule has 1 aromatic carbocycles.